The smallest absolute Gasteiger partial charge is 1.00 e. The Labute approximate surface area is 161 Å². The predicted molar refractivity (Wildman–Crippen MR) is 93.7 cm³/mol. The number of hydrogen-bond acceptors (Lipinski definition) is 3. The van der Waals surface area contributed by atoms with Crippen molar-refractivity contribution in [2.75, 3.05) is 20.3 Å². The van der Waals surface area contributed by atoms with Crippen molar-refractivity contribution in [1.82, 2.24) is 0 Å². The van der Waals surface area contributed by atoms with Crippen LogP contribution in [-0.4, -0.2) is 25.8 Å². The fourth-order valence-corrected chi connectivity index (χ4v) is 3.50. The van der Waals surface area contributed by atoms with Crippen LogP contribution in [0.2, 0.25) is 10.0 Å². The van der Waals surface area contributed by atoms with Gasteiger partial charge in [-0.05, 0) is 38.2 Å². The van der Waals surface area contributed by atoms with Crippen molar-refractivity contribution in [3.8, 4) is 5.75 Å². The van der Waals surface area contributed by atoms with Crippen LogP contribution in [0.5, 0.6) is 5.75 Å². The third kappa shape index (κ3) is 6.12. The number of carbonyl (C=O) groups excluding carboxylic acids is 1. The zero-order chi connectivity index (χ0) is 15.9. The van der Waals surface area contributed by atoms with Gasteiger partial charge in [-0.15, -0.1) is 0 Å². The molecule has 2 aromatic rings. The molecule has 0 radical (unpaired) electrons. The molecule has 0 aromatic heterocycles. The summed E-state index contributed by atoms with van der Waals surface area (Å²) in [7, 11) is 1.58. The Morgan fingerprint density at radius 3 is 2.26 bits per heavy atom. The standard InChI is InChI=1S/C16H15Cl2O3P.Li.H/c1-20-9-10-21-11-5-7-12(8-6-11)22-16(19)15-13(17)3-2-4-14(15)18;;/h2-8,22H,9-10H2,1H3;;/q;+1;-1. The largest absolute Gasteiger partial charge is 1.00 e. The van der Waals surface area contributed by atoms with Crippen LogP contribution in [0.25, 0.3) is 0 Å². The Morgan fingerprint density at radius 2 is 1.70 bits per heavy atom. The van der Waals surface area contributed by atoms with Crippen molar-refractivity contribution < 1.29 is 34.6 Å². The van der Waals surface area contributed by atoms with E-state index in [9.17, 15) is 4.79 Å². The Balaban J connectivity index is 0.00000264. The topological polar surface area (TPSA) is 35.5 Å². The fourth-order valence-electron chi connectivity index (χ4n) is 1.79. The molecule has 0 fully saturated rings. The molecular weight excluding hydrogens is 349 g/mol. The first kappa shape index (κ1) is 20.5. The number of hydrogen-bond donors (Lipinski definition) is 0. The molecule has 0 amide bonds. The number of carbonyl (C=O) groups is 1. The monoisotopic (exact) mass is 364 g/mol. The van der Waals surface area contributed by atoms with Gasteiger partial charge in [0.25, 0.3) is 0 Å². The van der Waals surface area contributed by atoms with Gasteiger partial charge < -0.3 is 10.9 Å². The molecule has 0 bridgehead atoms. The van der Waals surface area contributed by atoms with E-state index in [0.29, 0.717) is 28.8 Å². The minimum atomic E-state index is -0.0800. The molecule has 23 heavy (non-hydrogen) atoms. The SMILES string of the molecule is COCCOc1ccc(PC(=O)c2c(Cl)cccc2Cl)cc1.[H-].[Li+]. The minimum absolute atomic E-state index is 0. The number of ether oxygens (including phenoxy) is 2. The maximum Gasteiger partial charge on any atom is 1.00 e. The van der Waals surface area contributed by atoms with Crippen LogP contribution in [-0.2, 0) is 4.74 Å². The van der Waals surface area contributed by atoms with Crippen LogP contribution in [0.4, 0.5) is 0 Å². The van der Waals surface area contributed by atoms with Crippen molar-refractivity contribution in [2.45, 2.75) is 0 Å². The van der Waals surface area contributed by atoms with Gasteiger partial charge in [0.1, 0.15) is 12.4 Å². The van der Waals surface area contributed by atoms with Crippen molar-refractivity contribution in [3.63, 3.8) is 0 Å². The molecule has 2 rings (SSSR count). The number of halogens is 2. The summed E-state index contributed by atoms with van der Waals surface area (Å²) in [5.74, 6) is 0.744. The summed E-state index contributed by atoms with van der Waals surface area (Å²) in [6, 6.07) is 12.4. The predicted octanol–water partition coefficient (Wildman–Crippen LogP) is 1.28. The molecule has 1 unspecified atom stereocenters. The summed E-state index contributed by atoms with van der Waals surface area (Å²) in [6.45, 7) is 1.03. The Morgan fingerprint density at radius 1 is 1.09 bits per heavy atom. The average Bonchev–Trinajstić information content (AvgIpc) is 2.49. The van der Waals surface area contributed by atoms with Gasteiger partial charge >= 0.3 is 18.9 Å². The first-order chi connectivity index (χ1) is 10.6. The third-order valence-corrected chi connectivity index (χ3v) is 4.59. The van der Waals surface area contributed by atoms with Crippen LogP contribution in [0.3, 0.4) is 0 Å². The summed E-state index contributed by atoms with van der Waals surface area (Å²) in [5.41, 5.74) is 0.299. The van der Waals surface area contributed by atoms with Crippen LogP contribution in [0.1, 0.15) is 11.8 Å². The van der Waals surface area contributed by atoms with Gasteiger partial charge in [0.05, 0.1) is 22.2 Å². The molecule has 1 atom stereocenters. The van der Waals surface area contributed by atoms with Crippen molar-refractivity contribution in [3.05, 3.63) is 58.1 Å². The Bertz CT molecular complexity index is 636. The van der Waals surface area contributed by atoms with E-state index in [-0.39, 0.29) is 34.4 Å². The van der Waals surface area contributed by atoms with Gasteiger partial charge in [-0.25, -0.2) is 0 Å². The Kier molecular flexibility index (Phi) is 9.25. The second-order valence-corrected chi connectivity index (χ2v) is 6.51. The zero-order valence-electron chi connectivity index (χ0n) is 13.9. The zero-order valence-corrected chi connectivity index (χ0v) is 15.4. The van der Waals surface area contributed by atoms with Gasteiger partial charge in [-0.1, -0.05) is 41.4 Å². The number of rotatable bonds is 7. The fraction of sp³-hybridized carbons (Fsp3) is 0.188. The van der Waals surface area contributed by atoms with E-state index in [4.69, 9.17) is 32.7 Å². The molecule has 0 aliphatic carbocycles. The first-order valence-electron chi connectivity index (χ1n) is 6.59. The van der Waals surface area contributed by atoms with Crippen molar-refractivity contribution >= 4 is 42.6 Å². The molecule has 7 heteroatoms. The maximum atomic E-state index is 12.3. The molecule has 3 nitrogen and oxygen atoms in total. The number of benzene rings is 2. The first-order valence-corrected chi connectivity index (χ1v) is 8.34. The molecule has 0 heterocycles. The van der Waals surface area contributed by atoms with E-state index in [1.54, 1.807) is 25.3 Å². The van der Waals surface area contributed by atoms with E-state index in [0.717, 1.165) is 11.1 Å². The minimum Gasteiger partial charge on any atom is -1.00 e. The van der Waals surface area contributed by atoms with E-state index in [1.807, 2.05) is 24.3 Å². The summed E-state index contributed by atoms with van der Waals surface area (Å²) < 4.78 is 10.4. The van der Waals surface area contributed by atoms with Gasteiger partial charge in [-0.3, -0.25) is 4.79 Å². The molecule has 0 aliphatic heterocycles. The van der Waals surface area contributed by atoms with Crippen LogP contribution >= 0.6 is 31.8 Å². The van der Waals surface area contributed by atoms with Crippen LogP contribution < -0.4 is 28.9 Å². The molecule has 0 saturated heterocycles. The molecule has 0 saturated carbocycles. The molecule has 118 valence electrons. The van der Waals surface area contributed by atoms with E-state index in [1.165, 1.54) is 0 Å². The van der Waals surface area contributed by atoms with Crippen molar-refractivity contribution in [2.24, 2.45) is 0 Å². The van der Waals surface area contributed by atoms with Gasteiger partial charge in [0.2, 0.25) is 0 Å². The van der Waals surface area contributed by atoms with Gasteiger partial charge in [-0.2, -0.15) is 0 Å². The number of methoxy groups -OCH3 is 1. The third-order valence-electron chi connectivity index (χ3n) is 2.86. The molecule has 0 N–H and O–H groups in total. The summed E-state index contributed by atoms with van der Waals surface area (Å²) in [5, 5.41) is 1.66. The summed E-state index contributed by atoms with van der Waals surface area (Å²) in [6.07, 6.45) is 0. The van der Waals surface area contributed by atoms with E-state index in [2.05, 4.69) is 0 Å². The second-order valence-electron chi connectivity index (χ2n) is 4.42. The molecule has 0 spiro atoms. The second kappa shape index (κ2) is 10.4. The van der Waals surface area contributed by atoms with Crippen LogP contribution in [0.15, 0.2) is 42.5 Å². The summed E-state index contributed by atoms with van der Waals surface area (Å²) in [4.78, 5) is 12.3. The average molecular weight is 365 g/mol. The van der Waals surface area contributed by atoms with Crippen molar-refractivity contribution in [1.29, 1.82) is 0 Å². The molecular formula is C16H16Cl2LiO3P. The van der Waals surface area contributed by atoms with E-state index >= 15 is 0 Å². The molecule has 0 aliphatic rings. The summed E-state index contributed by atoms with van der Waals surface area (Å²) >= 11 is 12.1. The van der Waals surface area contributed by atoms with Gasteiger partial charge in [0, 0.05) is 7.11 Å². The molecule has 2 aromatic carbocycles. The van der Waals surface area contributed by atoms with Gasteiger partial charge in [0.15, 0.2) is 5.52 Å². The maximum absolute atomic E-state index is 12.3. The normalized spacial score (nSPS) is 10.6. The Hall–Kier alpha value is -0.523. The van der Waals surface area contributed by atoms with Crippen LogP contribution in [0, 0.1) is 0 Å². The van der Waals surface area contributed by atoms with E-state index < -0.39 is 0 Å². The quantitative estimate of drug-likeness (QED) is 0.421.